The molecule has 0 bridgehead atoms. The molecule has 50 valence electrons. The number of aliphatic imine (C=N–C) groups is 1. The molecule has 0 unspecified atom stereocenters. The Labute approximate surface area is 53.7 Å². The molecular formula is C5H10N4. The monoisotopic (exact) mass is 126 g/mol. The lowest BCUT2D eigenvalue weighted by Crippen LogP contribution is -2.02. The third-order valence-electron chi connectivity index (χ3n) is 0.572. The van der Waals surface area contributed by atoms with Crippen LogP contribution in [0.1, 0.15) is 0 Å². The molecule has 0 rings (SSSR count). The summed E-state index contributed by atoms with van der Waals surface area (Å²) in [6.45, 7) is 3.32. The molecule has 0 spiro atoms. The summed E-state index contributed by atoms with van der Waals surface area (Å²) in [5.41, 5.74) is 15.7. The standard InChI is InChI=1S/C5H10N4/c1-4(7)9-3-5(8)2-6/h2-3H,1,6-8H2/b5-2+,9-3-. The van der Waals surface area contributed by atoms with Crippen LogP contribution in [0.2, 0.25) is 0 Å². The average molecular weight is 126 g/mol. The average Bonchev–Trinajstić information content (AvgIpc) is 1.83. The summed E-state index contributed by atoms with van der Waals surface area (Å²) < 4.78 is 0. The van der Waals surface area contributed by atoms with Crippen molar-refractivity contribution in [1.29, 1.82) is 0 Å². The predicted molar refractivity (Wildman–Crippen MR) is 38.3 cm³/mol. The molecular weight excluding hydrogens is 116 g/mol. The fraction of sp³-hybridized carbons (Fsp3) is 0. The summed E-state index contributed by atoms with van der Waals surface area (Å²) in [7, 11) is 0. The molecule has 9 heavy (non-hydrogen) atoms. The predicted octanol–water partition coefficient (Wildman–Crippen LogP) is -0.754. The van der Waals surface area contributed by atoms with Crippen molar-refractivity contribution in [3.63, 3.8) is 0 Å². The summed E-state index contributed by atoms with van der Waals surface area (Å²) in [6, 6.07) is 0. The van der Waals surface area contributed by atoms with Crippen LogP contribution in [-0.4, -0.2) is 6.21 Å². The van der Waals surface area contributed by atoms with Crippen LogP contribution in [-0.2, 0) is 0 Å². The molecule has 4 heteroatoms. The van der Waals surface area contributed by atoms with Gasteiger partial charge in [-0.2, -0.15) is 0 Å². The van der Waals surface area contributed by atoms with Gasteiger partial charge >= 0.3 is 0 Å². The lowest BCUT2D eigenvalue weighted by Gasteiger charge is -1.87. The van der Waals surface area contributed by atoms with Crippen molar-refractivity contribution < 1.29 is 0 Å². The van der Waals surface area contributed by atoms with Gasteiger partial charge in [0.1, 0.15) is 5.82 Å². The van der Waals surface area contributed by atoms with Gasteiger partial charge in [0.25, 0.3) is 0 Å². The van der Waals surface area contributed by atoms with Crippen LogP contribution in [0.4, 0.5) is 0 Å². The van der Waals surface area contributed by atoms with Crippen molar-refractivity contribution in [3.8, 4) is 0 Å². The van der Waals surface area contributed by atoms with Gasteiger partial charge < -0.3 is 17.2 Å². The van der Waals surface area contributed by atoms with Crippen molar-refractivity contribution in [2.24, 2.45) is 22.2 Å². The van der Waals surface area contributed by atoms with E-state index in [4.69, 9.17) is 17.2 Å². The van der Waals surface area contributed by atoms with Gasteiger partial charge in [0.05, 0.1) is 11.9 Å². The lowest BCUT2D eigenvalue weighted by molar-refractivity contribution is 1.26. The Balaban J connectivity index is 3.86. The molecule has 0 atom stereocenters. The zero-order valence-corrected chi connectivity index (χ0v) is 5.04. The van der Waals surface area contributed by atoms with Crippen LogP contribution in [0.15, 0.2) is 29.3 Å². The third kappa shape index (κ3) is 4.40. The molecule has 0 saturated carbocycles. The van der Waals surface area contributed by atoms with E-state index in [0.717, 1.165) is 0 Å². The van der Waals surface area contributed by atoms with Crippen LogP contribution < -0.4 is 17.2 Å². The molecule has 0 aromatic heterocycles. The molecule has 0 aliphatic carbocycles. The highest BCUT2D eigenvalue weighted by molar-refractivity contribution is 5.77. The van der Waals surface area contributed by atoms with Gasteiger partial charge in [-0.05, 0) is 0 Å². The van der Waals surface area contributed by atoms with Crippen molar-refractivity contribution in [2.45, 2.75) is 0 Å². The number of nitrogens with two attached hydrogens (primary N) is 3. The highest BCUT2D eigenvalue weighted by Gasteiger charge is 1.77. The van der Waals surface area contributed by atoms with E-state index in [9.17, 15) is 0 Å². The van der Waals surface area contributed by atoms with Crippen molar-refractivity contribution in [2.75, 3.05) is 0 Å². The van der Waals surface area contributed by atoms with Crippen molar-refractivity contribution in [1.82, 2.24) is 0 Å². The fourth-order valence-corrected chi connectivity index (χ4v) is 0.200. The van der Waals surface area contributed by atoms with Gasteiger partial charge in [0.2, 0.25) is 0 Å². The number of rotatable bonds is 2. The fourth-order valence-electron chi connectivity index (χ4n) is 0.200. The Hall–Kier alpha value is -1.45. The summed E-state index contributed by atoms with van der Waals surface area (Å²) in [4.78, 5) is 3.58. The number of nitrogens with zero attached hydrogens (tertiary/aromatic N) is 1. The SMILES string of the molecule is C=C(N)/N=C\C(N)=C/N. The van der Waals surface area contributed by atoms with Crippen LogP contribution >= 0.6 is 0 Å². The van der Waals surface area contributed by atoms with Gasteiger partial charge in [0, 0.05) is 6.20 Å². The van der Waals surface area contributed by atoms with E-state index in [-0.39, 0.29) is 5.82 Å². The second-order valence-corrected chi connectivity index (χ2v) is 1.42. The van der Waals surface area contributed by atoms with Gasteiger partial charge in [-0.3, -0.25) is 0 Å². The smallest absolute Gasteiger partial charge is 0.116 e. The molecule has 0 radical (unpaired) electrons. The molecule has 0 heterocycles. The lowest BCUT2D eigenvalue weighted by atomic mass is 10.5. The molecule has 0 aliphatic rings. The summed E-state index contributed by atoms with van der Waals surface area (Å²) in [5.74, 6) is 0.208. The van der Waals surface area contributed by atoms with Gasteiger partial charge in [-0.15, -0.1) is 0 Å². The molecule has 0 amide bonds. The highest BCUT2D eigenvalue weighted by atomic mass is 14.9. The zero-order chi connectivity index (χ0) is 7.28. The summed E-state index contributed by atoms with van der Waals surface area (Å²) in [6.07, 6.45) is 2.56. The number of allylic oxidation sites excluding steroid dienone is 1. The molecule has 0 fully saturated rings. The zero-order valence-electron chi connectivity index (χ0n) is 5.04. The van der Waals surface area contributed by atoms with Crippen molar-refractivity contribution >= 4 is 6.21 Å². The van der Waals surface area contributed by atoms with Crippen LogP contribution in [0.25, 0.3) is 0 Å². The van der Waals surface area contributed by atoms with E-state index in [2.05, 4.69) is 11.6 Å². The topological polar surface area (TPSA) is 90.4 Å². The highest BCUT2D eigenvalue weighted by Crippen LogP contribution is 1.78. The molecule has 6 N–H and O–H groups in total. The maximum absolute atomic E-state index is 5.21. The van der Waals surface area contributed by atoms with Crippen molar-refractivity contribution in [3.05, 3.63) is 24.3 Å². The minimum atomic E-state index is 0.208. The first-order valence-electron chi connectivity index (χ1n) is 2.32. The number of hydrogen-bond acceptors (Lipinski definition) is 4. The Bertz CT molecular complexity index is 156. The molecule has 4 nitrogen and oxygen atoms in total. The number of hydrogen-bond donors (Lipinski definition) is 3. The minimum absolute atomic E-state index is 0.208. The normalized spacial score (nSPS) is 12.2. The summed E-state index contributed by atoms with van der Waals surface area (Å²) in [5, 5.41) is 0. The molecule has 0 aliphatic heterocycles. The second-order valence-electron chi connectivity index (χ2n) is 1.42. The van der Waals surface area contributed by atoms with E-state index in [0.29, 0.717) is 5.70 Å². The van der Waals surface area contributed by atoms with Crippen LogP contribution in [0.5, 0.6) is 0 Å². The molecule has 0 saturated heterocycles. The largest absolute Gasteiger partial charge is 0.403 e. The van der Waals surface area contributed by atoms with E-state index in [1.54, 1.807) is 0 Å². The Morgan fingerprint density at radius 2 is 2.00 bits per heavy atom. The maximum Gasteiger partial charge on any atom is 0.116 e. The first kappa shape index (κ1) is 7.55. The Morgan fingerprint density at radius 3 is 2.33 bits per heavy atom. The van der Waals surface area contributed by atoms with E-state index in [1.165, 1.54) is 12.4 Å². The summed E-state index contributed by atoms with van der Waals surface area (Å²) >= 11 is 0. The van der Waals surface area contributed by atoms with Crippen LogP contribution in [0, 0.1) is 0 Å². The first-order valence-corrected chi connectivity index (χ1v) is 2.32. The van der Waals surface area contributed by atoms with Gasteiger partial charge in [0.15, 0.2) is 0 Å². The second kappa shape index (κ2) is 3.54. The Morgan fingerprint density at radius 1 is 1.44 bits per heavy atom. The van der Waals surface area contributed by atoms with E-state index < -0.39 is 0 Å². The van der Waals surface area contributed by atoms with E-state index >= 15 is 0 Å². The molecule has 0 aromatic rings. The maximum atomic E-state index is 5.21. The minimum Gasteiger partial charge on any atom is -0.403 e. The third-order valence-corrected chi connectivity index (χ3v) is 0.572. The first-order chi connectivity index (χ1) is 4.16. The van der Waals surface area contributed by atoms with E-state index in [1.807, 2.05) is 0 Å². The Kier molecular flexibility index (Phi) is 2.97. The van der Waals surface area contributed by atoms with Gasteiger partial charge in [-0.1, -0.05) is 6.58 Å². The quantitative estimate of drug-likeness (QED) is 0.425. The van der Waals surface area contributed by atoms with Crippen LogP contribution in [0.3, 0.4) is 0 Å². The van der Waals surface area contributed by atoms with Gasteiger partial charge in [-0.25, -0.2) is 4.99 Å². The molecule has 0 aromatic carbocycles.